The first-order valence-corrected chi connectivity index (χ1v) is 8.88. The Balaban J connectivity index is 1.85. The summed E-state index contributed by atoms with van der Waals surface area (Å²) in [5.74, 6) is 0. The molecule has 0 saturated carbocycles. The molecular formula is C15H21N3O2S. The van der Waals surface area contributed by atoms with Crippen LogP contribution in [0.4, 0.5) is 0 Å². The van der Waals surface area contributed by atoms with Gasteiger partial charge in [0, 0.05) is 36.8 Å². The van der Waals surface area contributed by atoms with Gasteiger partial charge in [-0.1, -0.05) is 6.08 Å². The highest BCUT2D eigenvalue weighted by atomic mass is 32.2. The second-order valence-electron chi connectivity index (χ2n) is 5.60. The van der Waals surface area contributed by atoms with Crippen LogP contribution in [0.2, 0.25) is 0 Å². The Bertz CT molecular complexity index is 680. The molecule has 2 heterocycles. The van der Waals surface area contributed by atoms with Crippen LogP contribution in [-0.4, -0.2) is 37.3 Å². The molecule has 5 nitrogen and oxygen atoms in total. The highest BCUT2D eigenvalue weighted by molar-refractivity contribution is 7.92. The molecule has 0 radical (unpaired) electrons. The van der Waals surface area contributed by atoms with Gasteiger partial charge in [0.1, 0.15) is 0 Å². The van der Waals surface area contributed by atoms with E-state index in [1.54, 1.807) is 4.31 Å². The number of nitrogens with zero attached hydrogens (tertiary/aromatic N) is 1. The minimum Gasteiger partial charge on any atom is -0.361 e. The van der Waals surface area contributed by atoms with Gasteiger partial charge in [0.05, 0.1) is 0 Å². The molecule has 0 aromatic carbocycles. The second kappa shape index (κ2) is 5.79. The van der Waals surface area contributed by atoms with Gasteiger partial charge in [-0.2, -0.15) is 4.31 Å². The summed E-state index contributed by atoms with van der Waals surface area (Å²) in [4.78, 5) is 3.22. The monoisotopic (exact) mass is 307 g/mol. The Morgan fingerprint density at radius 3 is 2.76 bits per heavy atom. The van der Waals surface area contributed by atoms with Crippen molar-refractivity contribution < 1.29 is 8.42 Å². The van der Waals surface area contributed by atoms with Crippen molar-refractivity contribution in [1.82, 2.24) is 9.29 Å². The van der Waals surface area contributed by atoms with Crippen molar-refractivity contribution in [3.8, 4) is 0 Å². The number of fused-ring (bicyclic) bond motifs is 1. The predicted octanol–water partition coefficient (Wildman–Crippen LogP) is 1.39. The summed E-state index contributed by atoms with van der Waals surface area (Å²) in [5.41, 5.74) is 9.88. The number of sulfonamides is 1. The molecule has 0 unspecified atom stereocenters. The van der Waals surface area contributed by atoms with Crippen molar-refractivity contribution in [1.29, 1.82) is 0 Å². The lowest BCUT2D eigenvalue weighted by Crippen LogP contribution is -2.26. The third-order valence-corrected chi connectivity index (χ3v) is 5.78. The molecular weight excluding hydrogens is 286 g/mol. The molecule has 1 saturated heterocycles. The first-order chi connectivity index (χ1) is 10.1. The maximum absolute atomic E-state index is 12.3. The molecule has 114 valence electrons. The smallest absolute Gasteiger partial charge is 0.236 e. The normalized spacial score (nSPS) is 21.1. The summed E-state index contributed by atoms with van der Waals surface area (Å²) in [5, 5.41) is 1.43. The first-order valence-electron chi connectivity index (χ1n) is 7.38. The number of nitrogens with two attached hydrogens (primary N) is 1. The van der Waals surface area contributed by atoms with Gasteiger partial charge in [-0.3, -0.25) is 0 Å². The van der Waals surface area contributed by atoms with Gasteiger partial charge in [-0.15, -0.1) is 0 Å². The Morgan fingerprint density at radius 2 is 2.05 bits per heavy atom. The number of allylic oxidation sites excluding steroid dienone is 2. The molecule has 0 atom stereocenters. The van der Waals surface area contributed by atoms with E-state index in [4.69, 9.17) is 5.73 Å². The summed E-state index contributed by atoms with van der Waals surface area (Å²) in [6.07, 6.45) is 9.19. The van der Waals surface area contributed by atoms with Gasteiger partial charge in [0.25, 0.3) is 0 Å². The zero-order valence-corrected chi connectivity index (χ0v) is 12.8. The van der Waals surface area contributed by atoms with Crippen LogP contribution >= 0.6 is 0 Å². The zero-order chi connectivity index (χ0) is 14.9. The van der Waals surface area contributed by atoms with E-state index < -0.39 is 10.0 Å². The molecule has 3 rings (SSSR count). The number of nitrogens with one attached hydrogen (secondary N) is 1. The van der Waals surface area contributed by atoms with Gasteiger partial charge in [-0.25, -0.2) is 8.42 Å². The predicted molar refractivity (Wildman–Crippen MR) is 84.1 cm³/mol. The number of aromatic amines is 1. The maximum Gasteiger partial charge on any atom is 0.236 e. The summed E-state index contributed by atoms with van der Waals surface area (Å²) in [7, 11) is -3.29. The topological polar surface area (TPSA) is 79.2 Å². The van der Waals surface area contributed by atoms with E-state index in [0.29, 0.717) is 26.1 Å². The highest BCUT2D eigenvalue weighted by Gasteiger charge is 2.24. The molecule has 2 aliphatic rings. The third kappa shape index (κ3) is 2.97. The third-order valence-electron chi connectivity index (χ3n) is 4.10. The molecule has 1 aliphatic heterocycles. The lowest BCUT2D eigenvalue weighted by molar-refractivity contribution is 0.486. The Hall–Kier alpha value is -1.37. The van der Waals surface area contributed by atoms with E-state index in [-0.39, 0.29) is 0 Å². The summed E-state index contributed by atoms with van der Waals surface area (Å²) in [6, 6.07) is 0. The SMILES string of the molecule is NCCc1c[nH]c2c1CC(=CS(=O)(=O)N1CCCC1)C=C2. The Kier molecular flexibility index (Phi) is 4.01. The van der Waals surface area contributed by atoms with Gasteiger partial charge in [0.2, 0.25) is 10.0 Å². The maximum atomic E-state index is 12.3. The van der Waals surface area contributed by atoms with Crippen LogP contribution in [-0.2, 0) is 22.9 Å². The van der Waals surface area contributed by atoms with Crippen LogP contribution in [0.3, 0.4) is 0 Å². The molecule has 1 aromatic rings. The largest absolute Gasteiger partial charge is 0.361 e. The molecule has 1 aromatic heterocycles. The van der Waals surface area contributed by atoms with Crippen molar-refractivity contribution in [2.75, 3.05) is 19.6 Å². The molecule has 1 aliphatic carbocycles. The van der Waals surface area contributed by atoms with E-state index in [2.05, 4.69) is 4.98 Å². The fourth-order valence-electron chi connectivity index (χ4n) is 2.99. The van der Waals surface area contributed by atoms with Crippen LogP contribution < -0.4 is 5.73 Å². The van der Waals surface area contributed by atoms with Gasteiger partial charge in [0.15, 0.2) is 0 Å². The van der Waals surface area contributed by atoms with Crippen LogP contribution in [0.15, 0.2) is 23.3 Å². The molecule has 3 N–H and O–H groups in total. The van der Waals surface area contributed by atoms with E-state index in [0.717, 1.165) is 30.5 Å². The molecule has 6 heteroatoms. The van der Waals surface area contributed by atoms with Crippen LogP contribution in [0.25, 0.3) is 6.08 Å². The van der Waals surface area contributed by atoms with Gasteiger partial charge >= 0.3 is 0 Å². The summed E-state index contributed by atoms with van der Waals surface area (Å²) >= 11 is 0. The second-order valence-corrected chi connectivity index (χ2v) is 7.38. The fourth-order valence-corrected chi connectivity index (χ4v) is 4.45. The lowest BCUT2D eigenvalue weighted by atomic mass is 9.96. The summed E-state index contributed by atoms with van der Waals surface area (Å²) < 4.78 is 26.3. The minimum absolute atomic E-state index is 0.596. The van der Waals surface area contributed by atoms with Crippen molar-refractivity contribution in [2.45, 2.75) is 25.7 Å². The van der Waals surface area contributed by atoms with E-state index >= 15 is 0 Å². The van der Waals surface area contributed by atoms with Gasteiger partial charge in [-0.05, 0) is 48.6 Å². The Morgan fingerprint density at radius 1 is 1.29 bits per heavy atom. The van der Waals surface area contributed by atoms with Crippen LogP contribution in [0.1, 0.15) is 29.7 Å². The average molecular weight is 307 g/mol. The van der Waals surface area contributed by atoms with Crippen molar-refractivity contribution >= 4 is 16.1 Å². The van der Waals surface area contributed by atoms with Gasteiger partial charge < -0.3 is 10.7 Å². The molecule has 0 bridgehead atoms. The summed E-state index contributed by atoms with van der Waals surface area (Å²) in [6.45, 7) is 1.88. The number of aromatic nitrogens is 1. The van der Waals surface area contributed by atoms with Crippen molar-refractivity contribution in [2.24, 2.45) is 5.73 Å². The fraction of sp³-hybridized carbons (Fsp3) is 0.467. The van der Waals surface area contributed by atoms with E-state index in [9.17, 15) is 8.42 Å². The lowest BCUT2D eigenvalue weighted by Gasteiger charge is -2.15. The first kappa shape index (κ1) is 14.6. The standard InChI is InChI=1S/C15H21N3O2S/c16-6-5-13-10-17-15-4-3-12(9-14(13)15)11-21(19,20)18-7-1-2-8-18/h3-4,10-11,17H,1-2,5-9,16H2. The van der Waals surface area contributed by atoms with Crippen molar-refractivity contribution in [3.05, 3.63) is 40.1 Å². The van der Waals surface area contributed by atoms with Crippen LogP contribution in [0.5, 0.6) is 0 Å². The Labute approximate surface area is 125 Å². The number of hydrogen-bond acceptors (Lipinski definition) is 3. The zero-order valence-electron chi connectivity index (χ0n) is 12.0. The van der Waals surface area contributed by atoms with Crippen molar-refractivity contribution in [3.63, 3.8) is 0 Å². The number of hydrogen-bond donors (Lipinski definition) is 2. The number of rotatable bonds is 4. The van der Waals surface area contributed by atoms with E-state index in [1.165, 1.54) is 16.5 Å². The quantitative estimate of drug-likeness (QED) is 0.882. The molecule has 0 spiro atoms. The average Bonchev–Trinajstić information content (AvgIpc) is 3.09. The minimum atomic E-state index is -3.29. The van der Waals surface area contributed by atoms with Crippen LogP contribution in [0, 0.1) is 0 Å². The highest BCUT2D eigenvalue weighted by Crippen LogP contribution is 2.27. The molecule has 0 amide bonds. The van der Waals surface area contributed by atoms with E-state index in [1.807, 2.05) is 18.3 Å². The number of H-pyrrole nitrogens is 1. The molecule has 21 heavy (non-hydrogen) atoms. The molecule has 1 fully saturated rings.